The molecule has 102 valence electrons. The third-order valence-corrected chi connectivity index (χ3v) is 4.14. The maximum atomic E-state index is 9.25. The van der Waals surface area contributed by atoms with E-state index in [-0.39, 0.29) is 23.6 Å². The topological polar surface area (TPSA) is 29.5 Å². The summed E-state index contributed by atoms with van der Waals surface area (Å²) in [5.74, 6) is 0. The molecule has 0 bridgehead atoms. The molecule has 1 saturated heterocycles. The highest BCUT2D eigenvalue weighted by molar-refractivity contribution is 14.1. The summed E-state index contributed by atoms with van der Waals surface area (Å²) in [7, 11) is 0. The highest BCUT2D eigenvalue weighted by Gasteiger charge is 2.29. The van der Waals surface area contributed by atoms with E-state index in [1.807, 2.05) is 0 Å². The van der Waals surface area contributed by atoms with E-state index in [1.54, 1.807) is 0 Å². The number of morpholine rings is 1. The van der Waals surface area contributed by atoms with Crippen molar-refractivity contribution in [1.82, 2.24) is 0 Å². The highest BCUT2D eigenvalue weighted by atomic mass is 127. The number of nitrogens with zero attached hydrogens (tertiary/aromatic N) is 1. The molecule has 1 aliphatic rings. The van der Waals surface area contributed by atoms with E-state index in [2.05, 4.69) is 46.9 Å². The molecule has 0 atom stereocenters. The van der Waals surface area contributed by atoms with E-state index < -0.39 is 0 Å². The quantitative estimate of drug-likeness (QED) is 0.475. The minimum absolute atomic E-state index is 0. The minimum atomic E-state index is 0. The molecule has 0 radical (unpaired) electrons. The molecule has 0 unspecified atom stereocenters. The first-order chi connectivity index (χ1) is 8.24. The fraction of sp³-hybridized carbons (Fsp3) is 0.538. The Kier molecular flexibility index (Phi) is 7.08. The zero-order chi connectivity index (χ0) is 12.1. The smallest absolute Gasteiger partial charge is 0.105 e. The molecule has 1 fully saturated rings. The van der Waals surface area contributed by atoms with Crippen LogP contribution in [0.1, 0.15) is 5.56 Å². The summed E-state index contributed by atoms with van der Waals surface area (Å²) in [4.78, 5) is 0. The van der Waals surface area contributed by atoms with Crippen molar-refractivity contribution in [2.75, 3.05) is 39.5 Å². The minimum Gasteiger partial charge on any atom is -1.00 e. The number of aliphatic hydroxyl groups is 1. The van der Waals surface area contributed by atoms with Crippen LogP contribution < -0.4 is 17.0 Å². The van der Waals surface area contributed by atoms with Crippen molar-refractivity contribution in [3.63, 3.8) is 0 Å². The molecule has 1 aliphatic heterocycles. The van der Waals surface area contributed by atoms with Crippen LogP contribution in [0.25, 0.3) is 0 Å². The molecule has 1 heterocycles. The van der Waals surface area contributed by atoms with Gasteiger partial charge in [0.1, 0.15) is 26.2 Å². The fourth-order valence-corrected chi connectivity index (χ4v) is 2.74. The van der Waals surface area contributed by atoms with Crippen molar-refractivity contribution >= 4 is 22.6 Å². The van der Waals surface area contributed by atoms with Crippen LogP contribution in [0.3, 0.4) is 0 Å². The van der Waals surface area contributed by atoms with Crippen molar-refractivity contribution < 1.29 is 31.3 Å². The molecule has 0 saturated carbocycles. The zero-order valence-electron chi connectivity index (χ0n) is 10.3. The third kappa shape index (κ3) is 4.45. The number of benzene rings is 1. The SMILES string of the molecule is OCC[N+]1(Cc2ccc(I)cc2)CCOCC1.[Br-]. The van der Waals surface area contributed by atoms with Crippen molar-refractivity contribution in [1.29, 1.82) is 0 Å². The summed E-state index contributed by atoms with van der Waals surface area (Å²) < 4.78 is 7.65. The predicted octanol–water partition coefficient (Wildman–Crippen LogP) is -1.37. The van der Waals surface area contributed by atoms with Crippen LogP contribution in [0, 0.1) is 3.57 Å². The number of quaternary nitrogens is 1. The van der Waals surface area contributed by atoms with Gasteiger partial charge in [-0.2, -0.15) is 0 Å². The van der Waals surface area contributed by atoms with Crippen LogP contribution in [0.5, 0.6) is 0 Å². The van der Waals surface area contributed by atoms with Crippen LogP contribution in [0.2, 0.25) is 0 Å². The van der Waals surface area contributed by atoms with Gasteiger partial charge in [-0.05, 0) is 34.7 Å². The van der Waals surface area contributed by atoms with Gasteiger partial charge >= 0.3 is 0 Å². The maximum Gasteiger partial charge on any atom is 0.105 e. The molecule has 1 aromatic rings. The van der Waals surface area contributed by atoms with E-state index >= 15 is 0 Å². The molecule has 18 heavy (non-hydrogen) atoms. The Hall–Kier alpha value is 0.310. The molecule has 0 amide bonds. The van der Waals surface area contributed by atoms with E-state index in [1.165, 1.54) is 9.13 Å². The average molecular weight is 428 g/mol. The summed E-state index contributed by atoms with van der Waals surface area (Å²) in [6.07, 6.45) is 0. The lowest BCUT2D eigenvalue weighted by molar-refractivity contribution is -0.947. The van der Waals surface area contributed by atoms with Crippen LogP contribution in [0.4, 0.5) is 0 Å². The van der Waals surface area contributed by atoms with E-state index in [9.17, 15) is 5.11 Å². The van der Waals surface area contributed by atoms with Crippen molar-refractivity contribution in [2.24, 2.45) is 0 Å². The van der Waals surface area contributed by atoms with Gasteiger partial charge in [0.2, 0.25) is 0 Å². The number of aliphatic hydroxyl groups excluding tert-OH is 1. The lowest BCUT2D eigenvalue weighted by Crippen LogP contribution is -3.00. The zero-order valence-corrected chi connectivity index (χ0v) is 14.1. The maximum absolute atomic E-state index is 9.25. The lowest BCUT2D eigenvalue weighted by atomic mass is 10.1. The second kappa shape index (κ2) is 7.79. The van der Waals surface area contributed by atoms with Crippen molar-refractivity contribution in [3.8, 4) is 0 Å². The number of rotatable bonds is 4. The Morgan fingerprint density at radius 1 is 1.17 bits per heavy atom. The Labute approximate surface area is 133 Å². The van der Waals surface area contributed by atoms with Gasteiger partial charge in [0.05, 0.1) is 19.8 Å². The predicted molar refractivity (Wildman–Crippen MR) is 75.6 cm³/mol. The first-order valence-corrected chi connectivity index (χ1v) is 7.10. The largest absolute Gasteiger partial charge is 1.00 e. The highest BCUT2D eigenvalue weighted by Crippen LogP contribution is 2.18. The molecular formula is C13H19BrINO2. The van der Waals surface area contributed by atoms with Gasteiger partial charge in [0.15, 0.2) is 0 Å². The summed E-state index contributed by atoms with van der Waals surface area (Å²) >= 11 is 2.32. The van der Waals surface area contributed by atoms with Crippen LogP contribution in [0.15, 0.2) is 24.3 Å². The fourth-order valence-electron chi connectivity index (χ4n) is 2.38. The molecule has 0 aromatic heterocycles. The van der Waals surface area contributed by atoms with Gasteiger partial charge in [0, 0.05) is 9.13 Å². The van der Waals surface area contributed by atoms with Gasteiger partial charge in [-0.15, -0.1) is 0 Å². The third-order valence-electron chi connectivity index (χ3n) is 3.43. The Morgan fingerprint density at radius 3 is 2.33 bits per heavy atom. The molecule has 2 rings (SSSR count). The number of hydrogen-bond acceptors (Lipinski definition) is 2. The van der Waals surface area contributed by atoms with Crippen LogP contribution in [-0.2, 0) is 11.3 Å². The van der Waals surface area contributed by atoms with Gasteiger partial charge in [-0.3, -0.25) is 0 Å². The van der Waals surface area contributed by atoms with Crippen LogP contribution >= 0.6 is 22.6 Å². The van der Waals surface area contributed by atoms with Gasteiger partial charge < -0.3 is 31.3 Å². The van der Waals surface area contributed by atoms with Crippen molar-refractivity contribution in [3.05, 3.63) is 33.4 Å². The number of ether oxygens (including phenoxy) is 1. The van der Waals surface area contributed by atoms with Gasteiger partial charge in [0.25, 0.3) is 0 Å². The van der Waals surface area contributed by atoms with E-state index in [0.29, 0.717) is 0 Å². The number of hydrogen-bond donors (Lipinski definition) is 1. The monoisotopic (exact) mass is 427 g/mol. The molecule has 1 N–H and O–H groups in total. The Balaban J connectivity index is 0.00000162. The van der Waals surface area contributed by atoms with Crippen LogP contribution in [-0.4, -0.2) is 49.0 Å². The van der Waals surface area contributed by atoms with Crippen molar-refractivity contribution in [2.45, 2.75) is 6.54 Å². The van der Waals surface area contributed by atoms with Gasteiger partial charge in [-0.25, -0.2) is 0 Å². The Morgan fingerprint density at radius 2 is 1.78 bits per heavy atom. The Bertz CT molecular complexity index is 347. The first kappa shape index (κ1) is 16.4. The molecule has 1 aromatic carbocycles. The normalized spacial score (nSPS) is 18.1. The summed E-state index contributed by atoms with van der Waals surface area (Å²) in [5.41, 5.74) is 1.35. The van der Waals surface area contributed by atoms with E-state index in [0.717, 1.165) is 43.9 Å². The average Bonchev–Trinajstić information content (AvgIpc) is 2.34. The van der Waals surface area contributed by atoms with Gasteiger partial charge in [-0.1, -0.05) is 12.1 Å². The standard InChI is InChI=1S/C13H19INO2.BrH/c14-13-3-1-12(2-4-13)11-15(5-8-16)6-9-17-10-7-15;/h1-4,16H,5-11H2;1H/q+1;/p-1. The lowest BCUT2D eigenvalue weighted by Gasteiger charge is -2.41. The first-order valence-electron chi connectivity index (χ1n) is 6.02. The molecule has 0 spiro atoms. The summed E-state index contributed by atoms with van der Waals surface area (Å²) in [5, 5.41) is 9.25. The molecule has 0 aliphatic carbocycles. The number of halogens is 2. The molecular weight excluding hydrogens is 409 g/mol. The molecule has 3 nitrogen and oxygen atoms in total. The van der Waals surface area contributed by atoms with E-state index in [4.69, 9.17) is 4.74 Å². The second-order valence-corrected chi connectivity index (χ2v) is 5.88. The summed E-state index contributed by atoms with van der Waals surface area (Å²) in [6, 6.07) is 8.67. The second-order valence-electron chi connectivity index (χ2n) is 4.63. The summed E-state index contributed by atoms with van der Waals surface area (Å²) in [6.45, 7) is 5.72. The molecule has 5 heteroatoms.